The maximum atomic E-state index is 13.0. The molecule has 1 N–H and O–H groups in total. The van der Waals surface area contributed by atoms with Gasteiger partial charge in [-0.15, -0.1) is 4.40 Å². The summed E-state index contributed by atoms with van der Waals surface area (Å²) in [6, 6.07) is 10.7. The molecular weight excluding hydrogens is 453 g/mol. The van der Waals surface area contributed by atoms with E-state index in [1.807, 2.05) is 0 Å². The Morgan fingerprint density at radius 2 is 1.83 bits per heavy atom. The number of benzene rings is 2. The normalized spacial score (nSPS) is 18.1. The molecule has 0 aromatic heterocycles. The highest BCUT2D eigenvalue weighted by Crippen LogP contribution is 2.31. The average molecular weight is 470 g/mol. The Bertz CT molecular complexity index is 1090. The fraction of sp³-hybridized carbons (Fsp3) is 0.211. The third-order valence-corrected chi connectivity index (χ3v) is 6.97. The molecule has 3 rings (SSSR count). The van der Waals surface area contributed by atoms with Crippen LogP contribution < -0.4 is 5.32 Å². The number of nitrogens with zero attached hydrogens (tertiary/aromatic N) is 2. The van der Waals surface area contributed by atoms with Crippen molar-refractivity contribution in [2.45, 2.75) is 23.5 Å². The van der Waals surface area contributed by atoms with E-state index in [-0.39, 0.29) is 23.0 Å². The van der Waals surface area contributed by atoms with Crippen LogP contribution in [-0.2, 0) is 19.6 Å². The highest BCUT2D eigenvalue weighted by atomic mass is 35.5. The molecule has 0 spiro atoms. The summed E-state index contributed by atoms with van der Waals surface area (Å²) in [5.74, 6) is -1.29. The molecule has 1 fully saturated rings. The number of sulfonamides is 1. The van der Waals surface area contributed by atoms with Gasteiger partial charge in [0.2, 0.25) is 11.8 Å². The van der Waals surface area contributed by atoms with Crippen molar-refractivity contribution in [3.05, 3.63) is 59.4 Å². The van der Waals surface area contributed by atoms with Crippen molar-refractivity contribution in [1.29, 1.82) is 0 Å². The molecule has 0 radical (unpaired) electrons. The molecule has 2 amide bonds. The van der Waals surface area contributed by atoms with Gasteiger partial charge in [-0.3, -0.25) is 14.5 Å². The van der Waals surface area contributed by atoms with Gasteiger partial charge in [-0.2, -0.15) is 8.42 Å². The van der Waals surface area contributed by atoms with Crippen molar-refractivity contribution >= 4 is 56.1 Å². The Balaban J connectivity index is 1.75. The van der Waals surface area contributed by atoms with Crippen LogP contribution in [-0.4, -0.2) is 42.1 Å². The monoisotopic (exact) mass is 469 g/mol. The minimum Gasteiger partial charge on any atom is -0.326 e. The number of halogens is 2. The van der Waals surface area contributed by atoms with Crippen LogP contribution in [0.25, 0.3) is 0 Å². The van der Waals surface area contributed by atoms with E-state index >= 15 is 0 Å². The first-order valence-electron chi connectivity index (χ1n) is 8.83. The third kappa shape index (κ3) is 5.18. The highest BCUT2D eigenvalue weighted by Gasteiger charge is 2.39. The zero-order valence-electron chi connectivity index (χ0n) is 15.7. The minimum atomic E-state index is -4.05. The van der Waals surface area contributed by atoms with Crippen molar-refractivity contribution in [3.8, 4) is 0 Å². The Morgan fingerprint density at radius 1 is 1.20 bits per heavy atom. The molecule has 1 unspecified atom stereocenters. The highest BCUT2D eigenvalue weighted by molar-refractivity contribution is 8.16. The predicted octanol–water partition coefficient (Wildman–Crippen LogP) is 3.52. The van der Waals surface area contributed by atoms with Crippen LogP contribution in [0.1, 0.15) is 13.3 Å². The molecule has 1 aliphatic rings. The lowest BCUT2D eigenvalue weighted by atomic mass is 10.2. The van der Waals surface area contributed by atoms with Gasteiger partial charge in [0, 0.05) is 23.7 Å². The van der Waals surface area contributed by atoms with Crippen molar-refractivity contribution in [2.75, 3.05) is 11.9 Å². The Hall–Kier alpha value is -2.43. The summed E-state index contributed by atoms with van der Waals surface area (Å²) in [6.45, 7) is 1.89. The molecule has 0 bridgehead atoms. The summed E-state index contributed by atoms with van der Waals surface area (Å²) in [6.07, 6.45) is -0.183. The molecular formula is C19H17ClFN3O4S2. The molecule has 7 nitrogen and oxygen atoms in total. The molecule has 2 aromatic rings. The molecule has 30 heavy (non-hydrogen) atoms. The van der Waals surface area contributed by atoms with Gasteiger partial charge in [0.05, 0.1) is 4.90 Å². The Morgan fingerprint density at radius 3 is 2.43 bits per heavy atom. The summed E-state index contributed by atoms with van der Waals surface area (Å²) in [5.41, 5.74) is 0.392. The fourth-order valence-electron chi connectivity index (χ4n) is 2.68. The first-order valence-corrected chi connectivity index (χ1v) is 11.5. The van der Waals surface area contributed by atoms with Gasteiger partial charge in [0.25, 0.3) is 10.0 Å². The summed E-state index contributed by atoms with van der Waals surface area (Å²) in [4.78, 5) is 26.1. The second-order valence-electron chi connectivity index (χ2n) is 6.25. The van der Waals surface area contributed by atoms with E-state index < -0.39 is 32.9 Å². The topological polar surface area (TPSA) is 95.9 Å². The summed E-state index contributed by atoms with van der Waals surface area (Å²) in [7, 11) is -4.05. The van der Waals surface area contributed by atoms with E-state index in [1.165, 1.54) is 53.4 Å². The molecule has 0 saturated carbocycles. The number of hydrogen-bond donors (Lipinski definition) is 1. The number of carbonyl (C=O) groups is 2. The van der Waals surface area contributed by atoms with Gasteiger partial charge in [-0.05, 0) is 55.5 Å². The van der Waals surface area contributed by atoms with Gasteiger partial charge in [0.1, 0.15) is 11.1 Å². The van der Waals surface area contributed by atoms with Crippen LogP contribution in [0.5, 0.6) is 0 Å². The average Bonchev–Trinajstić information content (AvgIpc) is 2.97. The molecule has 1 aliphatic heterocycles. The predicted molar refractivity (Wildman–Crippen MR) is 114 cm³/mol. The molecule has 158 valence electrons. The zero-order chi connectivity index (χ0) is 21.9. The summed E-state index contributed by atoms with van der Waals surface area (Å²) < 4.78 is 41.9. The van der Waals surface area contributed by atoms with Gasteiger partial charge in [0.15, 0.2) is 5.17 Å². The molecule has 1 atom stereocenters. The van der Waals surface area contributed by atoms with Crippen LogP contribution in [0.2, 0.25) is 5.02 Å². The Labute approximate surface area is 182 Å². The number of amides is 2. The van der Waals surface area contributed by atoms with E-state index in [0.29, 0.717) is 10.7 Å². The molecule has 0 aliphatic carbocycles. The molecule has 1 saturated heterocycles. The number of thioether (sulfide) groups is 1. The first-order chi connectivity index (χ1) is 14.2. The third-order valence-electron chi connectivity index (χ3n) is 4.14. The van der Waals surface area contributed by atoms with Gasteiger partial charge in [-0.1, -0.05) is 23.4 Å². The number of hydrogen-bond acceptors (Lipinski definition) is 5. The summed E-state index contributed by atoms with van der Waals surface area (Å²) >= 11 is 6.70. The van der Waals surface area contributed by atoms with Crippen LogP contribution in [0.4, 0.5) is 10.1 Å². The SMILES string of the molecule is CCN1C(=O)C(CC(=O)Nc2ccc(F)cc2)S/C1=N\S(=O)(=O)c1ccc(Cl)cc1. The van der Waals surface area contributed by atoms with Crippen molar-refractivity contribution in [1.82, 2.24) is 4.90 Å². The van der Waals surface area contributed by atoms with Crippen LogP contribution in [0, 0.1) is 5.82 Å². The van der Waals surface area contributed by atoms with E-state index in [4.69, 9.17) is 11.6 Å². The second kappa shape index (κ2) is 9.15. The lowest BCUT2D eigenvalue weighted by Gasteiger charge is -2.13. The largest absolute Gasteiger partial charge is 0.326 e. The minimum absolute atomic E-state index is 0.0111. The van der Waals surface area contributed by atoms with Crippen molar-refractivity contribution in [2.24, 2.45) is 4.40 Å². The molecule has 11 heteroatoms. The van der Waals surface area contributed by atoms with Crippen LogP contribution >= 0.6 is 23.4 Å². The smallest absolute Gasteiger partial charge is 0.284 e. The number of nitrogens with one attached hydrogen (secondary N) is 1. The van der Waals surface area contributed by atoms with E-state index in [9.17, 15) is 22.4 Å². The van der Waals surface area contributed by atoms with E-state index in [2.05, 4.69) is 9.71 Å². The maximum Gasteiger partial charge on any atom is 0.284 e. The quantitative estimate of drug-likeness (QED) is 0.698. The number of carbonyl (C=O) groups excluding carboxylic acids is 2. The fourth-order valence-corrected chi connectivity index (χ4v) is 5.22. The standard InChI is InChI=1S/C19H17ClFN3O4S2/c1-2-24-18(26)16(11-17(25)22-14-7-5-13(21)6-8-14)29-19(24)23-30(27,28)15-9-3-12(20)4-10-15/h3-10,16H,2,11H2,1H3,(H,22,25)/b23-19-. The second-order valence-corrected chi connectivity index (χ2v) is 9.46. The van der Waals surface area contributed by atoms with Crippen LogP contribution in [0.15, 0.2) is 57.8 Å². The van der Waals surface area contributed by atoms with Gasteiger partial charge >= 0.3 is 0 Å². The van der Waals surface area contributed by atoms with Crippen LogP contribution in [0.3, 0.4) is 0 Å². The summed E-state index contributed by atoms with van der Waals surface area (Å²) in [5, 5.41) is 2.16. The molecule has 1 heterocycles. The zero-order valence-corrected chi connectivity index (χ0v) is 18.1. The molecule has 2 aromatic carbocycles. The maximum absolute atomic E-state index is 13.0. The first kappa shape index (κ1) is 22.3. The van der Waals surface area contributed by atoms with Crippen molar-refractivity contribution < 1.29 is 22.4 Å². The van der Waals surface area contributed by atoms with Crippen molar-refractivity contribution in [3.63, 3.8) is 0 Å². The van der Waals surface area contributed by atoms with E-state index in [0.717, 1.165) is 11.8 Å². The number of anilines is 1. The lowest BCUT2D eigenvalue weighted by Crippen LogP contribution is -2.33. The van der Waals surface area contributed by atoms with Gasteiger partial charge < -0.3 is 5.32 Å². The lowest BCUT2D eigenvalue weighted by molar-refractivity contribution is -0.128. The Kier molecular flexibility index (Phi) is 6.79. The van der Waals surface area contributed by atoms with E-state index in [1.54, 1.807) is 6.92 Å². The number of rotatable bonds is 6. The number of amidine groups is 1. The van der Waals surface area contributed by atoms with Gasteiger partial charge in [-0.25, -0.2) is 4.39 Å².